The van der Waals surface area contributed by atoms with Crippen molar-refractivity contribution in [2.45, 2.75) is 90.1 Å². The molecule has 1 N–H and O–H groups in total. The lowest BCUT2D eigenvalue weighted by atomic mass is 9.73. The van der Waals surface area contributed by atoms with Crippen LogP contribution in [0.25, 0.3) is 0 Å². The first-order valence-corrected chi connectivity index (χ1v) is 15.7. The van der Waals surface area contributed by atoms with E-state index in [1.165, 1.54) is 0 Å². The van der Waals surface area contributed by atoms with Crippen LogP contribution in [-0.2, 0) is 19.1 Å². The summed E-state index contributed by atoms with van der Waals surface area (Å²) < 4.78 is 12.7. The van der Waals surface area contributed by atoms with Crippen molar-refractivity contribution in [1.82, 2.24) is 9.80 Å². The molecule has 1 spiro atoms. The van der Waals surface area contributed by atoms with Crippen molar-refractivity contribution in [3.05, 3.63) is 48.6 Å². The summed E-state index contributed by atoms with van der Waals surface area (Å²) >= 11 is 0. The van der Waals surface area contributed by atoms with Gasteiger partial charge in [0.2, 0.25) is 17.7 Å². The van der Waals surface area contributed by atoms with Crippen LogP contribution in [0.5, 0.6) is 5.75 Å². The first-order valence-electron chi connectivity index (χ1n) is 15.7. The molecule has 4 aliphatic rings. The number of carbonyl (C=O) groups is 3. The molecule has 2 fully saturated rings. The number of aliphatic hydroxyl groups excluding tert-OH is 1. The van der Waals surface area contributed by atoms with E-state index in [0.29, 0.717) is 44.0 Å². The molecule has 9 nitrogen and oxygen atoms in total. The Balaban J connectivity index is 1.67. The fraction of sp³-hybridized carbons (Fsp3) is 0.618. The smallest absolute Gasteiger partial charge is 0.249 e. The average molecular weight is 594 g/mol. The number of fused-ring (bicyclic) bond motifs is 2. The summed E-state index contributed by atoms with van der Waals surface area (Å²) in [5.41, 5.74) is -2.26. The van der Waals surface area contributed by atoms with Crippen LogP contribution in [0, 0.1) is 17.8 Å². The van der Waals surface area contributed by atoms with Gasteiger partial charge in [-0.15, -0.1) is 0 Å². The van der Waals surface area contributed by atoms with E-state index in [2.05, 4.69) is 0 Å². The molecular weight excluding hydrogens is 546 g/mol. The van der Waals surface area contributed by atoms with Gasteiger partial charge in [0.15, 0.2) is 0 Å². The van der Waals surface area contributed by atoms with Gasteiger partial charge in [0.05, 0.1) is 36.7 Å². The Labute approximate surface area is 255 Å². The summed E-state index contributed by atoms with van der Waals surface area (Å²) in [6.45, 7) is 14.7. The Kier molecular flexibility index (Phi) is 8.28. The number of likely N-dealkylation sites (tertiary alicyclic amines) is 1. The van der Waals surface area contributed by atoms with E-state index in [-0.39, 0.29) is 30.2 Å². The fourth-order valence-electron chi connectivity index (χ4n) is 7.60. The summed E-state index contributed by atoms with van der Waals surface area (Å²) in [5, 5.41) is 10.6. The minimum Gasteiger partial charge on any atom is -0.494 e. The monoisotopic (exact) mass is 593 g/mol. The molecule has 7 atom stereocenters. The summed E-state index contributed by atoms with van der Waals surface area (Å²) in [6.07, 6.45) is 8.83. The molecule has 0 bridgehead atoms. The lowest BCUT2D eigenvalue weighted by Crippen LogP contribution is -2.62. The van der Waals surface area contributed by atoms with Gasteiger partial charge < -0.3 is 29.3 Å². The Bertz CT molecular complexity index is 1300. The van der Waals surface area contributed by atoms with Gasteiger partial charge in [-0.2, -0.15) is 0 Å². The zero-order valence-corrected chi connectivity index (χ0v) is 26.6. The SMILES string of the molecule is CCOc1ccc(N2CC=C[C@]3(CC)O[C@]45C=CCN(C(C)(C)C)C(=O)C4N([C@@H](CO)[C@@H](C)CC)C(=O)[C@@H]5[C@@H]3C2=O)cc1. The Morgan fingerprint density at radius 3 is 2.23 bits per heavy atom. The van der Waals surface area contributed by atoms with Crippen LogP contribution in [0.1, 0.15) is 61.3 Å². The number of ether oxygens (including phenoxy) is 2. The van der Waals surface area contributed by atoms with Crippen molar-refractivity contribution in [3.63, 3.8) is 0 Å². The summed E-state index contributed by atoms with van der Waals surface area (Å²) in [5.74, 6) is -1.91. The molecule has 3 amide bonds. The predicted molar refractivity (Wildman–Crippen MR) is 164 cm³/mol. The van der Waals surface area contributed by atoms with Crippen LogP contribution in [0.4, 0.5) is 5.69 Å². The number of aliphatic hydroxyl groups is 1. The predicted octanol–water partition coefficient (Wildman–Crippen LogP) is 3.95. The van der Waals surface area contributed by atoms with E-state index >= 15 is 0 Å². The molecule has 4 heterocycles. The first kappa shape index (κ1) is 31.3. The van der Waals surface area contributed by atoms with Crippen LogP contribution in [0.2, 0.25) is 0 Å². The van der Waals surface area contributed by atoms with E-state index < -0.39 is 40.7 Å². The van der Waals surface area contributed by atoms with Gasteiger partial charge in [-0.05, 0) is 64.3 Å². The molecule has 43 heavy (non-hydrogen) atoms. The third kappa shape index (κ3) is 4.79. The summed E-state index contributed by atoms with van der Waals surface area (Å²) in [7, 11) is 0. The molecule has 1 aromatic carbocycles. The Hall–Kier alpha value is -3.17. The standard InChI is InChI=1S/C34H47N3O6/c1-8-22(4)25(21-38)37-28-31(41)36(32(5,6)7)20-12-18-34(28)27(30(37)40)26-29(39)35(19-11-17-33(26,9-2)43-34)23-13-15-24(16-14-23)42-10-3/h11-18,22,25-28,38H,8-10,19-21H2,1-7H3/t22-,25-,26+,27-,28?,33-,34-/m0/s1. The lowest BCUT2D eigenvalue weighted by Gasteiger charge is -2.44. The van der Waals surface area contributed by atoms with Gasteiger partial charge in [0.1, 0.15) is 17.4 Å². The molecular formula is C34H47N3O6. The van der Waals surface area contributed by atoms with E-state index in [4.69, 9.17) is 9.47 Å². The van der Waals surface area contributed by atoms with Crippen molar-refractivity contribution in [2.75, 3.05) is 31.2 Å². The highest BCUT2D eigenvalue weighted by molar-refractivity contribution is 6.04. The van der Waals surface area contributed by atoms with Gasteiger partial charge >= 0.3 is 0 Å². The molecule has 0 aromatic heterocycles. The zero-order chi connectivity index (χ0) is 31.3. The van der Waals surface area contributed by atoms with Gasteiger partial charge in [0, 0.05) is 24.3 Å². The second kappa shape index (κ2) is 11.4. The maximum Gasteiger partial charge on any atom is 0.249 e. The molecule has 9 heteroatoms. The Morgan fingerprint density at radius 1 is 0.977 bits per heavy atom. The fourth-order valence-corrected chi connectivity index (χ4v) is 7.60. The number of anilines is 1. The molecule has 0 radical (unpaired) electrons. The Morgan fingerprint density at radius 2 is 1.65 bits per heavy atom. The molecule has 1 unspecified atom stereocenters. The quantitative estimate of drug-likeness (QED) is 0.459. The lowest BCUT2D eigenvalue weighted by molar-refractivity contribution is -0.159. The molecule has 2 saturated heterocycles. The maximum atomic E-state index is 14.8. The van der Waals surface area contributed by atoms with Gasteiger partial charge in [-0.25, -0.2) is 0 Å². The molecule has 4 aliphatic heterocycles. The third-order valence-electron chi connectivity index (χ3n) is 9.99. The molecule has 234 valence electrons. The summed E-state index contributed by atoms with van der Waals surface area (Å²) in [4.78, 5) is 49.2. The van der Waals surface area contributed by atoms with Crippen LogP contribution in [0.15, 0.2) is 48.6 Å². The van der Waals surface area contributed by atoms with E-state index in [1.807, 2.05) is 97.0 Å². The second-order valence-electron chi connectivity index (χ2n) is 13.3. The molecule has 5 rings (SSSR count). The topological polar surface area (TPSA) is 99.6 Å². The van der Waals surface area contributed by atoms with E-state index in [9.17, 15) is 19.5 Å². The van der Waals surface area contributed by atoms with Crippen molar-refractivity contribution in [1.29, 1.82) is 0 Å². The second-order valence-corrected chi connectivity index (χ2v) is 13.3. The van der Waals surface area contributed by atoms with E-state index in [1.54, 1.807) is 14.7 Å². The van der Waals surface area contributed by atoms with Crippen LogP contribution in [0.3, 0.4) is 0 Å². The van der Waals surface area contributed by atoms with Crippen LogP contribution >= 0.6 is 0 Å². The van der Waals surface area contributed by atoms with Crippen molar-refractivity contribution < 1.29 is 29.0 Å². The summed E-state index contributed by atoms with van der Waals surface area (Å²) in [6, 6.07) is 5.78. The molecule has 0 saturated carbocycles. The van der Waals surface area contributed by atoms with Gasteiger partial charge in [-0.3, -0.25) is 14.4 Å². The highest BCUT2D eigenvalue weighted by atomic mass is 16.5. The van der Waals surface area contributed by atoms with Gasteiger partial charge in [0.25, 0.3) is 0 Å². The number of rotatable bonds is 8. The third-order valence-corrected chi connectivity index (χ3v) is 9.99. The average Bonchev–Trinajstić information content (AvgIpc) is 3.26. The van der Waals surface area contributed by atoms with Crippen molar-refractivity contribution >= 4 is 23.4 Å². The van der Waals surface area contributed by atoms with Crippen molar-refractivity contribution in [3.8, 4) is 5.75 Å². The minimum absolute atomic E-state index is 0.0750. The minimum atomic E-state index is -1.36. The van der Waals surface area contributed by atoms with E-state index in [0.717, 1.165) is 0 Å². The number of hydrogen-bond donors (Lipinski definition) is 1. The zero-order valence-electron chi connectivity index (χ0n) is 26.6. The maximum absolute atomic E-state index is 14.8. The van der Waals surface area contributed by atoms with Gasteiger partial charge in [-0.1, -0.05) is 51.5 Å². The normalized spacial score (nSPS) is 31.9. The highest BCUT2D eigenvalue weighted by Gasteiger charge is 2.76. The van der Waals surface area contributed by atoms with Crippen molar-refractivity contribution in [2.24, 2.45) is 17.8 Å². The molecule has 1 aromatic rings. The number of carbonyl (C=O) groups excluding carboxylic acids is 3. The van der Waals surface area contributed by atoms with Crippen LogP contribution in [-0.4, -0.2) is 87.8 Å². The largest absolute Gasteiger partial charge is 0.494 e. The highest BCUT2D eigenvalue weighted by Crippen LogP contribution is 2.59. The number of amides is 3. The number of benzene rings is 1. The number of nitrogens with zero attached hydrogens (tertiary/aromatic N) is 3. The molecule has 0 aliphatic carbocycles. The van der Waals surface area contributed by atoms with Crippen LogP contribution < -0.4 is 9.64 Å². The number of hydrogen-bond acceptors (Lipinski definition) is 6. The first-order chi connectivity index (χ1) is 20.4.